The van der Waals surface area contributed by atoms with Gasteiger partial charge < -0.3 is 26.5 Å². The maximum Gasteiger partial charge on any atom is 0.404 e. The summed E-state index contributed by atoms with van der Waals surface area (Å²) in [7, 11) is 0. The second-order valence-corrected chi connectivity index (χ2v) is 4.31. The third-order valence-corrected chi connectivity index (χ3v) is 2.89. The van der Waals surface area contributed by atoms with Gasteiger partial charge in [-0.1, -0.05) is 12.2 Å². The Bertz CT molecular complexity index is 720. The highest BCUT2D eigenvalue weighted by atomic mass is 16.4. The van der Waals surface area contributed by atoms with E-state index in [1.54, 1.807) is 34.9 Å². The van der Waals surface area contributed by atoms with Gasteiger partial charge in [0.25, 0.3) is 0 Å². The molecule has 110 valence electrons. The molecule has 0 aliphatic rings. The van der Waals surface area contributed by atoms with Crippen molar-refractivity contribution in [2.45, 2.75) is 6.54 Å². The van der Waals surface area contributed by atoms with Gasteiger partial charge >= 0.3 is 6.09 Å². The van der Waals surface area contributed by atoms with Crippen molar-refractivity contribution in [2.24, 2.45) is 5.73 Å². The molecule has 0 spiro atoms. The minimum Gasteiger partial charge on any atom is -0.465 e. The number of carbonyl (C=O) groups is 2. The summed E-state index contributed by atoms with van der Waals surface area (Å²) in [5.41, 5.74) is 12.8. The van der Waals surface area contributed by atoms with Gasteiger partial charge in [0.2, 0.25) is 11.9 Å². The molecule has 8 heteroatoms. The van der Waals surface area contributed by atoms with Crippen LogP contribution in [0.3, 0.4) is 0 Å². The molecule has 6 N–H and O–H groups in total. The van der Waals surface area contributed by atoms with E-state index in [0.717, 1.165) is 5.52 Å². The number of aromatic nitrogens is 2. The fourth-order valence-electron chi connectivity index (χ4n) is 1.90. The first-order valence-electron chi connectivity index (χ1n) is 6.16. The summed E-state index contributed by atoms with van der Waals surface area (Å²) in [6.45, 7) is 0.660. The van der Waals surface area contributed by atoms with Gasteiger partial charge in [-0.3, -0.25) is 4.79 Å². The number of hydrogen-bond donors (Lipinski definition) is 4. The van der Waals surface area contributed by atoms with Crippen molar-refractivity contribution in [3.05, 3.63) is 35.9 Å². The van der Waals surface area contributed by atoms with Crippen LogP contribution in [-0.4, -0.2) is 33.2 Å². The van der Waals surface area contributed by atoms with Gasteiger partial charge in [-0.15, -0.1) is 0 Å². The minimum absolute atomic E-state index is 0.216. The zero-order chi connectivity index (χ0) is 15.4. The van der Waals surface area contributed by atoms with E-state index in [1.165, 1.54) is 0 Å². The van der Waals surface area contributed by atoms with Crippen molar-refractivity contribution in [1.29, 1.82) is 0 Å². The molecule has 0 radical (unpaired) electrons. The van der Waals surface area contributed by atoms with Crippen LogP contribution in [0.25, 0.3) is 11.0 Å². The number of nitrogens with two attached hydrogens (primary N) is 2. The number of anilines is 1. The Morgan fingerprint density at radius 1 is 1.38 bits per heavy atom. The molecule has 0 unspecified atom stereocenters. The molecule has 1 heterocycles. The molecule has 0 saturated carbocycles. The molecule has 1 aromatic carbocycles. The zero-order valence-corrected chi connectivity index (χ0v) is 11.1. The summed E-state index contributed by atoms with van der Waals surface area (Å²) in [5, 5.41) is 10.7. The lowest BCUT2D eigenvalue weighted by Gasteiger charge is -2.03. The lowest BCUT2D eigenvalue weighted by molar-refractivity contribution is 0.100. The van der Waals surface area contributed by atoms with Crippen LogP contribution >= 0.6 is 0 Å². The fourth-order valence-corrected chi connectivity index (χ4v) is 1.90. The molecule has 2 aromatic rings. The van der Waals surface area contributed by atoms with E-state index in [2.05, 4.69) is 10.3 Å². The molecule has 0 saturated heterocycles. The fraction of sp³-hybridized carbons (Fsp3) is 0.154. The third-order valence-electron chi connectivity index (χ3n) is 2.89. The maximum atomic E-state index is 11.1. The lowest BCUT2D eigenvalue weighted by Crippen LogP contribution is -2.20. The summed E-state index contributed by atoms with van der Waals surface area (Å²) in [6.07, 6.45) is 2.37. The first-order chi connectivity index (χ1) is 9.99. The minimum atomic E-state index is -1.08. The van der Waals surface area contributed by atoms with Gasteiger partial charge in [-0.2, -0.15) is 0 Å². The van der Waals surface area contributed by atoms with Crippen molar-refractivity contribution in [3.8, 4) is 0 Å². The smallest absolute Gasteiger partial charge is 0.404 e. The van der Waals surface area contributed by atoms with Crippen molar-refractivity contribution >= 4 is 29.0 Å². The van der Waals surface area contributed by atoms with Crippen molar-refractivity contribution in [3.63, 3.8) is 0 Å². The summed E-state index contributed by atoms with van der Waals surface area (Å²) < 4.78 is 1.75. The van der Waals surface area contributed by atoms with Crippen LogP contribution in [-0.2, 0) is 6.54 Å². The number of carbonyl (C=O) groups excluding carboxylic acids is 1. The highest BCUT2D eigenvalue weighted by Gasteiger charge is 2.09. The number of carboxylic acid groups (broad SMARTS) is 1. The number of allylic oxidation sites excluding steroid dienone is 1. The molecular formula is C13H15N5O3. The highest BCUT2D eigenvalue weighted by Crippen LogP contribution is 2.19. The maximum absolute atomic E-state index is 11.1. The number of benzene rings is 1. The van der Waals surface area contributed by atoms with Crippen LogP contribution < -0.4 is 16.8 Å². The number of nitrogen functional groups attached to an aromatic ring is 1. The Labute approximate surface area is 120 Å². The van der Waals surface area contributed by atoms with E-state index < -0.39 is 12.0 Å². The molecule has 0 aliphatic carbocycles. The largest absolute Gasteiger partial charge is 0.465 e. The molecular weight excluding hydrogens is 274 g/mol. The molecule has 2 rings (SSSR count). The van der Waals surface area contributed by atoms with Gasteiger partial charge in [0.15, 0.2) is 0 Å². The van der Waals surface area contributed by atoms with Crippen molar-refractivity contribution in [1.82, 2.24) is 14.9 Å². The summed E-state index contributed by atoms with van der Waals surface area (Å²) in [5.74, 6) is -0.216. The van der Waals surface area contributed by atoms with E-state index in [1.807, 2.05) is 0 Å². The SMILES string of the molecule is NC(=O)c1ccc2c(c1)nc(N)n2CC=CCNC(=O)O. The van der Waals surface area contributed by atoms with Gasteiger partial charge in [0.1, 0.15) is 0 Å². The summed E-state index contributed by atoms with van der Waals surface area (Å²) >= 11 is 0. The Morgan fingerprint density at radius 2 is 2.14 bits per heavy atom. The predicted octanol–water partition coefficient (Wildman–Crippen LogP) is 0.541. The quantitative estimate of drug-likeness (QED) is 0.595. The standard InChI is InChI=1S/C13H15N5O3/c14-11(19)8-3-4-10-9(7-8)17-12(15)18(10)6-2-1-5-16-13(20)21/h1-4,7,16H,5-6H2,(H2,14,19)(H2,15,17)(H,20,21). The average molecular weight is 289 g/mol. The van der Waals surface area contributed by atoms with Crippen LogP contribution in [0, 0.1) is 0 Å². The summed E-state index contributed by atoms with van der Waals surface area (Å²) in [6, 6.07) is 4.92. The zero-order valence-electron chi connectivity index (χ0n) is 11.1. The van der Waals surface area contributed by atoms with Gasteiger partial charge in [-0.25, -0.2) is 9.78 Å². The second-order valence-electron chi connectivity index (χ2n) is 4.31. The number of primary amides is 1. The van der Waals surface area contributed by atoms with Gasteiger partial charge in [0, 0.05) is 18.7 Å². The van der Waals surface area contributed by atoms with Crippen LogP contribution in [0.2, 0.25) is 0 Å². The van der Waals surface area contributed by atoms with Crippen LogP contribution in [0.15, 0.2) is 30.4 Å². The number of amides is 2. The first-order valence-corrected chi connectivity index (χ1v) is 6.16. The highest BCUT2D eigenvalue weighted by molar-refractivity contribution is 5.96. The topological polar surface area (TPSA) is 136 Å². The van der Waals surface area contributed by atoms with Gasteiger partial charge in [-0.05, 0) is 18.2 Å². The monoisotopic (exact) mass is 289 g/mol. The number of fused-ring (bicyclic) bond motifs is 1. The Kier molecular flexibility index (Phi) is 4.07. The number of nitrogens with one attached hydrogen (secondary N) is 1. The first kappa shape index (κ1) is 14.4. The Hall–Kier alpha value is -3.03. The number of nitrogens with zero attached hydrogens (tertiary/aromatic N) is 2. The van der Waals surface area contributed by atoms with Crippen LogP contribution in [0.4, 0.5) is 10.7 Å². The van der Waals surface area contributed by atoms with Gasteiger partial charge in [0.05, 0.1) is 11.0 Å². The van der Waals surface area contributed by atoms with E-state index >= 15 is 0 Å². The number of hydrogen-bond acceptors (Lipinski definition) is 4. The lowest BCUT2D eigenvalue weighted by atomic mass is 10.2. The molecule has 2 amide bonds. The normalized spacial score (nSPS) is 11.0. The van der Waals surface area contributed by atoms with Crippen molar-refractivity contribution in [2.75, 3.05) is 12.3 Å². The molecule has 0 aliphatic heterocycles. The third kappa shape index (κ3) is 3.30. The molecule has 21 heavy (non-hydrogen) atoms. The van der Waals surface area contributed by atoms with E-state index in [4.69, 9.17) is 16.6 Å². The second kappa shape index (κ2) is 5.95. The number of imidazole rings is 1. The molecule has 0 bridgehead atoms. The van der Waals surface area contributed by atoms with E-state index in [-0.39, 0.29) is 6.54 Å². The van der Waals surface area contributed by atoms with E-state index in [0.29, 0.717) is 23.6 Å². The Balaban J connectivity index is 2.18. The van der Waals surface area contributed by atoms with Crippen LogP contribution in [0.1, 0.15) is 10.4 Å². The molecule has 0 fully saturated rings. The molecule has 0 atom stereocenters. The van der Waals surface area contributed by atoms with Crippen molar-refractivity contribution < 1.29 is 14.7 Å². The van der Waals surface area contributed by atoms with Crippen LogP contribution in [0.5, 0.6) is 0 Å². The molecule has 1 aromatic heterocycles. The summed E-state index contributed by atoms with van der Waals surface area (Å²) in [4.78, 5) is 25.6. The predicted molar refractivity (Wildman–Crippen MR) is 77.8 cm³/mol. The Morgan fingerprint density at radius 3 is 2.81 bits per heavy atom. The molecule has 8 nitrogen and oxygen atoms in total. The van der Waals surface area contributed by atoms with E-state index in [9.17, 15) is 9.59 Å². The average Bonchev–Trinajstić information content (AvgIpc) is 2.73. The number of rotatable bonds is 5.